The summed E-state index contributed by atoms with van der Waals surface area (Å²) in [7, 11) is 0. The van der Waals surface area contributed by atoms with Crippen LogP contribution in [-0.4, -0.2) is 88.6 Å². The predicted molar refractivity (Wildman–Crippen MR) is 207 cm³/mol. The average Bonchev–Trinajstić information content (AvgIpc) is 3.63. The van der Waals surface area contributed by atoms with Gasteiger partial charge in [-0.1, -0.05) is 118 Å². The molecule has 0 bridgehead atoms. The Balaban J connectivity index is 1.10. The van der Waals surface area contributed by atoms with Gasteiger partial charge in [0.2, 0.25) is 11.8 Å². The highest BCUT2D eigenvalue weighted by atomic mass is 16.7. The van der Waals surface area contributed by atoms with Crippen molar-refractivity contribution in [3.8, 4) is 11.1 Å². The molecular weight excluding hydrogens is 699 g/mol. The summed E-state index contributed by atoms with van der Waals surface area (Å²) in [4.78, 5) is 63.1. The van der Waals surface area contributed by atoms with E-state index in [1.807, 2.05) is 94.4 Å². The van der Waals surface area contributed by atoms with Crippen LogP contribution in [-0.2, 0) is 24.0 Å². The van der Waals surface area contributed by atoms with E-state index >= 15 is 0 Å². The fourth-order valence-corrected chi connectivity index (χ4v) is 8.08. The van der Waals surface area contributed by atoms with Crippen LogP contribution in [0.1, 0.15) is 88.8 Å². The Morgan fingerprint density at radius 3 is 2.20 bits per heavy atom. The van der Waals surface area contributed by atoms with Crippen LogP contribution in [0.3, 0.4) is 0 Å². The first-order valence-corrected chi connectivity index (χ1v) is 19.4. The van der Waals surface area contributed by atoms with Gasteiger partial charge in [-0.25, -0.2) is 4.79 Å². The number of carbonyl (C=O) groups excluding carboxylic acids is 4. The molecule has 5 atom stereocenters. The zero-order valence-corrected chi connectivity index (χ0v) is 31.9. The van der Waals surface area contributed by atoms with Crippen molar-refractivity contribution in [2.75, 3.05) is 13.2 Å². The normalized spacial score (nSPS) is 21.8. The lowest BCUT2D eigenvalue weighted by Crippen LogP contribution is -2.59. The van der Waals surface area contributed by atoms with Crippen LogP contribution in [0.5, 0.6) is 0 Å². The van der Waals surface area contributed by atoms with Crippen LogP contribution >= 0.6 is 0 Å². The van der Waals surface area contributed by atoms with Gasteiger partial charge in [0.25, 0.3) is 5.91 Å². The molecule has 2 heterocycles. The minimum atomic E-state index is -1.46. The number of rotatable bonds is 12. The van der Waals surface area contributed by atoms with Crippen molar-refractivity contribution in [1.29, 1.82) is 0 Å². The van der Waals surface area contributed by atoms with E-state index in [1.165, 1.54) is 4.90 Å². The van der Waals surface area contributed by atoms with Gasteiger partial charge in [0.05, 0.1) is 18.3 Å². The summed E-state index contributed by atoms with van der Waals surface area (Å²) in [6.07, 6.45) is 0.936. The molecule has 12 nitrogen and oxygen atoms in total. The van der Waals surface area contributed by atoms with E-state index in [2.05, 4.69) is 33.2 Å². The first-order valence-electron chi connectivity index (χ1n) is 19.4. The number of aliphatic hydroxyl groups excluding tert-OH is 1. The van der Waals surface area contributed by atoms with Crippen LogP contribution < -0.4 is 16.0 Å². The number of fused-ring (bicyclic) bond motifs is 3. The summed E-state index contributed by atoms with van der Waals surface area (Å²) < 4.78 is 5.86. The lowest BCUT2D eigenvalue weighted by atomic mass is 9.85. The highest BCUT2D eigenvalue weighted by Crippen LogP contribution is 2.45. The summed E-state index contributed by atoms with van der Waals surface area (Å²) in [6.45, 7) is 7.54. The number of alkyl carbamates (subject to hydrolysis) is 1. The third-order valence-electron chi connectivity index (χ3n) is 11.2. The van der Waals surface area contributed by atoms with Gasteiger partial charge in [0.15, 0.2) is 11.7 Å². The second kappa shape index (κ2) is 15.5. The largest absolute Gasteiger partial charge is 0.449 e. The minimum absolute atomic E-state index is 0.0336. The smallest absolute Gasteiger partial charge is 0.407 e. The number of ether oxygens (including phenoxy) is 1. The fourth-order valence-electron chi connectivity index (χ4n) is 8.08. The molecule has 290 valence electrons. The van der Waals surface area contributed by atoms with E-state index in [1.54, 1.807) is 0 Å². The summed E-state index contributed by atoms with van der Waals surface area (Å²) in [5.74, 6) is -1.69. The maximum atomic E-state index is 14.8. The van der Waals surface area contributed by atoms with E-state index in [-0.39, 0.29) is 31.5 Å². The molecule has 1 saturated heterocycles. The van der Waals surface area contributed by atoms with E-state index < -0.39 is 59.1 Å². The maximum Gasteiger partial charge on any atom is 0.407 e. The Morgan fingerprint density at radius 2 is 1.58 bits per heavy atom. The van der Waals surface area contributed by atoms with E-state index in [9.17, 15) is 24.3 Å². The number of hydrogen-bond acceptors (Lipinski definition) is 8. The Labute approximate surface area is 322 Å². The maximum absolute atomic E-state index is 14.8. The summed E-state index contributed by atoms with van der Waals surface area (Å²) in [5, 5.41) is 24.0. The van der Waals surface area contributed by atoms with Crippen molar-refractivity contribution in [3.63, 3.8) is 0 Å². The lowest BCUT2D eigenvalue weighted by Gasteiger charge is -2.35. The SMILES string of the molecule is CCC[C@H](NC(=O)[C@@H]1CC2(CC(c3ccccc3)=NO2)CN1C(=O)[C@@H](NC(=O)OCC1c2ccccc2-c2ccccc21)C(C)(C)C)C(O)C(=O)NC1CC1. The molecular formula is C43H51N5O7. The molecule has 12 heteroatoms. The molecule has 4 aliphatic rings. The molecule has 55 heavy (non-hydrogen) atoms. The van der Waals surface area contributed by atoms with E-state index in [0.29, 0.717) is 25.0 Å². The van der Waals surface area contributed by atoms with Crippen LogP contribution in [0.4, 0.5) is 4.79 Å². The van der Waals surface area contributed by atoms with Gasteiger partial charge in [0, 0.05) is 24.8 Å². The van der Waals surface area contributed by atoms with Crippen molar-refractivity contribution < 1.29 is 33.9 Å². The fraction of sp³-hybridized carbons (Fsp3) is 0.465. The minimum Gasteiger partial charge on any atom is -0.449 e. The van der Waals surface area contributed by atoms with E-state index in [4.69, 9.17) is 9.57 Å². The number of aliphatic hydroxyl groups is 1. The van der Waals surface area contributed by atoms with Crippen LogP contribution in [0.2, 0.25) is 0 Å². The second-order valence-electron chi connectivity index (χ2n) is 16.4. The quantitative estimate of drug-likeness (QED) is 0.202. The molecule has 4 N–H and O–H groups in total. The van der Waals surface area contributed by atoms with Gasteiger partial charge < -0.3 is 35.5 Å². The number of carbonyl (C=O) groups is 4. The van der Waals surface area contributed by atoms with Crippen molar-refractivity contribution >= 4 is 29.5 Å². The molecule has 2 aliphatic heterocycles. The highest BCUT2D eigenvalue weighted by Gasteiger charge is 2.56. The number of oxime groups is 1. The molecule has 1 spiro atoms. The van der Waals surface area contributed by atoms with Gasteiger partial charge in [0.1, 0.15) is 18.7 Å². The first kappa shape index (κ1) is 38.1. The Hall–Kier alpha value is -5.23. The molecule has 0 aromatic heterocycles. The van der Waals surface area contributed by atoms with Gasteiger partial charge in [-0.05, 0) is 52.5 Å². The summed E-state index contributed by atoms with van der Waals surface area (Å²) in [6, 6.07) is 22.8. The molecule has 2 aliphatic carbocycles. The van der Waals surface area contributed by atoms with Gasteiger partial charge in [-0.15, -0.1) is 0 Å². The topological polar surface area (TPSA) is 159 Å². The predicted octanol–water partition coefficient (Wildman–Crippen LogP) is 5.03. The van der Waals surface area contributed by atoms with Gasteiger partial charge in [-0.3, -0.25) is 14.4 Å². The molecule has 0 radical (unpaired) electrons. The standard InChI is InChI=1S/C43H51N5O7/c1-5-13-33(36(49)39(51)44-27-20-21-27)45-38(50)35-23-43(22-34(47-55-43)26-14-7-6-8-15-26)25-48(35)40(52)37(42(2,3)4)46-41(53)54-24-32-30-18-11-9-16-28(30)29-17-10-12-19-31(29)32/h6-12,14-19,27,32-33,35-37,49H,5,13,20-25H2,1-4H3,(H,44,51)(H,45,50)(H,46,53)/t33-,35-,36?,37+,43?/m0/s1. The van der Waals surface area contributed by atoms with Crippen LogP contribution in [0.25, 0.3) is 11.1 Å². The number of amides is 4. The van der Waals surface area contributed by atoms with Gasteiger partial charge >= 0.3 is 6.09 Å². The van der Waals surface area contributed by atoms with Gasteiger partial charge in [-0.2, -0.15) is 0 Å². The molecule has 1 saturated carbocycles. The Bertz CT molecular complexity index is 1910. The first-order chi connectivity index (χ1) is 26.4. The molecule has 2 fully saturated rings. The van der Waals surface area contributed by atoms with Crippen LogP contribution in [0.15, 0.2) is 84.0 Å². The van der Waals surface area contributed by atoms with Crippen molar-refractivity contribution in [2.45, 2.75) is 108 Å². The summed E-state index contributed by atoms with van der Waals surface area (Å²) >= 11 is 0. The summed E-state index contributed by atoms with van der Waals surface area (Å²) in [5.41, 5.74) is 4.14. The average molecular weight is 750 g/mol. The lowest BCUT2D eigenvalue weighted by molar-refractivity contribution is -0.143. The highest BCUT2D eigenvalue weighted by molar-refractivity contribution is 6.02. The Kier molecular flexibility index (Phi) is 10.7. The number of likely N-dealkylation sites (tertiary alicyclic amines) is 1. The number of nitrogens with one attached hydrogen (secondary N) is 3. The third kappa shape index (κ3) is 8.10. The van der Waals surface area contributed by atoms with Crippen molar-refractivity contribution in [1.82, 2.24) is 20.9 Å². The number of benzene rings is 3. The molecule has 3 aromatic rings. The zero-order chi connectivity index (χ0) is 38.9. The van der Waals surface area contributed by atoms with Crippen molar-refractivity contribution in [2.24, 2.45) is 10.6 Å². The monoisotopic (exact) mass is 749 g/mol. The third-order valence-corrected chi connectivity index (χ3v) is 11.2. The van der Waals surface area contributed by atoms with Crippen molar-refractivity contribution in [3.05, 3.63) is 95.6 Å². The van der Waals surface area contributed by atoms with E-state index in [0.717, 1.165) is 40.7 Å². The molecule has 3 aromatic carbocycles. The number of hydrogen-bond donors (Lipinski definition) is 4. The van der Waals surface area contributed by atoms with Crippen LogP contribution in [0, 0.1) is 5.41 Å². The zero-order valence-electron chi connectivity index (χ0n) is 31.9. The molecule has 7 rings (SSSR count). The number of nitrogens with zero attached hydrogens (tertiary/aromatic N) is 2. The second-order valence-corrected chi connectivity index (χ2v) is 16.4. The molecule has 2 unspecified atom stereocenters. The molecule has 4 amide bonds. The Morgan fingerprint density at radius 1 is 0.945 bits per heavy atom.